The van der Waals surface area contributed by atoms with E-state index in [1.165, 1.54) is 57.8 Å². The number of rotatable bonds is 14. The molecule has 0 aromatic heterocycles. The van der Waals surface area contributed by atoms with E-state index < -0.39 is 0 Å². The third-order valence-corrected chi connectivity index (χ3v) is 4.01. The summed E-state index contributed by atoms with van der Waals surface area (Å²) in [6, 6.07) is 7.78. The van der Waals surface area contributed by atoms with Crippen molar-refractivity contribution >= 4 is 0 Å². The van der Waals surface area contributed by atoms with Crippen LogP contribution in [0.4, 0.5) is 0 Å². The Balaban J connectivity index is 1.95. The van der Waals surface area contributed by atoms with E-state index in [9.17, 15) is 0 Å². The highest BCUT2D eigenvalue weighted by Gasteiger charge is 1.96. The highest BCUT2D eigenvalue weighted by molar-refractivity contribution is 5.27. The van der Waals surface area contributed by atoms with E-state index in [1.54, 1.807) is 0 Å². The zero-order valence-corrected chi connectivity index (χ0v) is 14.5. The van der Waals surface area contributed by atoms with Crippen LogP contribution < -0.4 is 4.74 Å². The molecule has 0 unspecified atom stereocenters. The Kier molecular flexibility index (Phi) is 11.8. The first-order valence-corrected chi connectivity index (χ1v) is 9.09. The van der Waals surface area contributed by atoms with Crippen molar-refractivity contribution in [2.75, 3.05) is 6.61 Å². The third-order valence-electron chi connectivity index (χ3n) is 4.01. The number of hydrogen-bond donors (Lipinski definition) is 0. The average molecular weight is 317 g/mol. The summed E-state index contributed by atoms with van der Waals surface area (Å²) >= 11 is 0. The average Bonchev–Trinajstić information content (AvgIpc) is 2.59. The number of benzene rings is 1. The molecule has 0 N–H and O–H groups in total. The van der Waals surface area contributed by atoms with Crippen LogP contribution in [0.3, 0.4) is 0 Å². The minimum atomic E-state index is 0.398. The smallest absolute Gasteiger partial charge is 0.119 e. The second-order valence-corrected chi connectivity index (χ2v) is 6.06. The van der Waals surface area contributed by atoms with Gasteiger partial charge >= 0.3 is 0 Å². The zero-order chi connectivity index (χ0) is 16.6. The standard InChI is InChI=1S/C19H31N3O/c1-2-3-4-5-6-7-8-9-10-11-16-23-19-14-12-18(13-15-19)17-21-22-20/h12-15H,2-11,16-17H2,1H3. The number of unbranched alkanes of at least 4 members (excludes halogenated alkanes) is 9. The summed E-state index contributed by atoms with van der Waals surface area (Å²) in [6.07, 6.45) is 13.4. The van der Waals surface area contributed by atoms with Gasteiger partial charge in [0.15, 0.2) is 0 Å². The van der Waals surface area contributed by atoms with Gasteiger partial charge < -0.3 is 4.74 Å². The van der Waals surface area contributed by atoms with Crippen molar-refractivity contribution in [2.24, 2.45) is 5.11 Å². The Morgan fingerprint density at radius 2 is 1.43 bits per heavy atom. The van der Waals surface area contributed by atoms with Gasteiger partial charge in [-0.3, -0.25) is 0 Å². The summed E-state index contributed by atoms with van der Waals surface area (Å²) in [5.41, 5.74) is 9.29. The summed E-state index contributed by atoms with van der Waals surface area (Å²) in [6.45, 7) is 3.45. The van der Waals surface area contributed by atoms with Crippen molar-refractivity contribution in [1.82, 2.24) is 0 Å². The third kappa shape index (κ3) is 10.6. The Morgan fingerprint density at radius 3 is 2.00 bits per heavy atom. The van der Waals surface area contributed by atoms with Crippen molar-refractivity contribution in [3.63, 3.8) is 0 Å². The normalized spacial score (nSPS) is 10.3. The fourth-order valence-electron chi connectivity index (χ4n) is 2.58. The fourth-order valence-corrected chi connectivity index (χ4v) is 2.58. The van der Waals surface area contributed by atoms with Gasteiger partial charge in [0.25, 0.3) is 0 Å². The molecule has 0 radical (unpaired) electrons. The number of hydrogen-bond acceptors (Lipinski definition) is 2. The fraction of sp³-hybridized carbons (Fsp3) is 0.684. The van der Waals surface area contributed by atoms with Crippen LogP contribution in [-0.2, 0) is 6.54 Å². The number of azide groups is 1. The van der Waals surface area contributed by atoms with E-state index in [4.69, 9.17) is 10.3 Å². The van der Waals surface area contributed by atoms with Crippen molar-refractivity contribution < 1.29 is 4.74 Å². The maximum atomic E-state index is 8.28. The lowest BCUT2D eigenvalue weighted by molar-refractivity contribution is 0.304. The molecular weight excluding hydrogens is 286 g/mol. The molecular formula is C19H31N3O. The van der Waals surface area contributed by atoms with Gasteiger partial charge in [0, 0.05) is 4.91 Å². The molecule has 1 aromatic rings. The largest absolute Gasteiger partial charge is 0.494 e. The molecule has 0 amide bonds. The van der Waals surface area contributed by atoms with Gasteiger partial charge in [-0.2, -0.15) is 0 Å². The molecule has 0 aliphatic carbocycles. The van der Waals surface area contributed by atoms with Gasteiger partial charge in [0.2, 0.25) is 0 Å². The quantitative estimate of drug-likeness (QED) is 0.161. The van der Waals surface area contributed by atoms with Crippen LogP contribution in [0.15, 0.2) is 29.4 Å². The maximum absolute atomic E-state index is 8.28. The number of nitrogens with zero attached hydrogens (tertiary/aromatic N) is 3. The summed E-state index contributed by atoms with van der Waals surface area (Å²) < 4.78 is 5.73. The van der Waals surface area contributed by atoms with Gasteiger partial charge in [-0.25, -0.2) is 0 Å². The zero-order valence-electron chi connectivity index (χ0n) is 14.5. The summed E-state index contributed by atoms with van der Waals surface area (Å²) in [4.78, 5) is 2.76. The second kappa shape index (κ2) is 14.0. The van der Waals surface area contributed by atoms with Gasteiger partial charge in [-0.05, 0) is 29.6 Å². The molecule has 0 aliphatic rings. The van der Waals surface area contributed by atoms with E-state index in [2.05, 4.69) is 16.9 Å². The van der Waals surface area contributed by atoms with E-state index in [1.807, 2.05) is 24.3 Å². The van der Waals surface area contributed by atoms with Crippen molar-refractivity contribution in [3.05, 3.63) is 40.3 Å². The van der Waals surface area contributed by atoms with Crippen LogP contribution in [0.2, 0.25) is 0 Å². The minimum absolute atomic E-state index is 0.398. The molecule has 0 spiro atoms. The molecule has 0 fully saturated rings. The molecule has 1 aromatic carbocycles. The molecule has 0 bridgehead atoms. The molecule has 0 saturated heterocycles. The van der Waals surface area contributed by atoms with Crippen LogP contribution in [0.25, 0.3) is 10.4 Å². The predicted molar refractivity (Wildman–Crippen MR) is 96.6 cm³/mol. The highest BCUT2D eigenvalue weighted by atomic mass is 16.5. The molecule has 1 rings (SSSR count). The van der Waals surface area contributed by atoms with Crippen LogP contribution >= 0.6 is 0 Å². The SMILES string of the molecule is CCCCCCCCCCCCOc1ccc(CN=[N+]=[N-])cc1. The summed E-state index contributed by atoms with van der Waals surface area (Å²) in [7, 11) is 0. The summed E-state index contributed by atoms with van der Waals surface area (Å²) in [5, 5.41) is 3.54. The van der Waals surface area contributed by atoms with Crippen LogP contribution in [0.1, 0.15) is 76.7 Å². The lowest BCUT2D eigenvalue weighted by atomic mass is 10.1. The molecule has 0 heterocycles. The van der Waals surface area contributed by atoms with E-state index in [-0.39, 0.29) is 0 Å². The lowest BCUT2D eigenvalue weighted by Gasteiger charge is -2.07. The van der Waals surface area contributed by atoms with Crippen LogP contribution in [0.5, 0.6) is 5.75 Å². The molecule has 0 saturated carbocycles. The Hall–Kier alpha value is -1.67. The molecule has 4 heteroatoms. The molecule has 0 aliphatic heterocycles. The maximum Gasteiger partial charge on any atom is 0.119 e. The Labute approximate surface area is 140 Å². The van der Waals surface area contributed by atoms with E-state index >= 15 is 0 Å². The number of ether oxygens (including phenoxy) is 1. The Bertz CT molecular complexity index is 438. The van der Waals surface area contributed by atoms with Gasteiger partial charge in [0.05, 0.1) is 13.2 Å². The molecule has 128 valence electrons. The van der Waals surface area contributed by atoms with Crippen molar-refractivity contribution in [2.45, 2.75) is 77.7 Å². The molecule has 4 nitrogen and oxygen atoms in total. The topological polar surface area (TPSA) is 58.0 Å². The first kappa shape index (κ1) is 19.4. The summed E-state index contributed by atoms with van der Waals surface area (Å²) in [5.74, 6) is 0.894. The highest BCUT2D eigenvalue weighted by Crippen LogP contribution is 2.14. The molecule has 0 atom stereocenters. The molecule has 23 heavy (non-hydrogen) atoms. The monoisotopic (exact) mass is 317 g/mol. The first-order valence-electron chi connectivity index (χ1n) is 9.09. The minimum Gasteiger partial charge on any atom is -0.494 e. The predicted octanol–water partition coefficient (Wildman–Crippen LogP) is 6.80. The van der Waals surface area contributed by atoms with E-state index in [0.29, 0.717) is 6.54 Å². The van der Waals surface area contributed by atoms with Gasteiger partial charge in [-0.15, -0.1) is 0 Å². The Morgan fingerprint density at radius 1 is 0.870 bits per heavy atom. The first-order chi connectivity index (χ1) is 11.4. The van der Waals surface area contributed by atoms with Crippen LogP contribution in [-0.4, -0.2) is 6.61 Å². The second-order valence-electron chi connectivity index (χ2n) is 6.06. The van der Waals surface area contributed by atoms with Gasteiger partial charge in [-0.1, -0.05) is 82.0 Å². The lowest BCUT2D eigenvalue weighted by Crippen LogP contribution is -1.97. The van der Waals surface area contributed by atoms with Crippen molar-refractivity contribution in [3.8, 4) is 5.75 Å². The van der Waals surface area contributed by atoms with Gasteiger partial charge in [0.1, 0.15) is 5.75 Å². The van der Waals surface area contributed by atoms with Crippen molar-refractivity contribution in [1.29, 1.82) is 0 Å². The van der Waals surface area contributed by atoms with E-state index in [0.717, 1.165) is 24.3 Å². The van der Waals surface area contributed by atoms with Crippen LogP contribution in [0, 0.1) is 0 Å².